The van der Waals surface area contributed by atoms with Crippen LogP contribution in [0.25, 0.3) is 5.57 Å². The number of ether oxygens (including phenoxy) is 5. The molecule has 0 N–H and O–H groups in total. The highest BCUT2D eigenvalue weighted by atomic mass is 16.7. The molecule has 0 heterocycles. The van der Waals surface area contributed by atoms with E-state index >= 15 is 0 Å². The van der Waals surface area contributed by atoms with Gasteiger partial charge in [-0.25, -0.2) is 4.79 Å². The molecule has 0 spiro atoms. The van der Waals surface area contributed by atoms with E-state index in [2.05, 4.69) is 0 Å². The molecular weight excluding hydrogens is 324 g/mol. The minimum atomic E-state index is -0.280. The van der Waals surface area contributed by atoms with Crippen molar-refractivity contribution in [2.24, 2.45) is 0 Å². The van der Waals surface area contributed by atoms with Crippen LogP contribution in [0.3, 0.4) is 0 Å². The molecule has 25 heavy (non-hydrogen) atoms. The van der Waals surface area contributed by atoms with Gasteiger partial charge >= 0.3 is 5.97 Å². The summed E-state index contributed by atoms with van der Waals surface area (Å²) < 4.78 is 26.2. The lowest BCUT2D eigenvalue weighted by molar-refractivity contribution is -0.136. The lowest BCUT2D eigenvalue weighted by atomic mass is 9.95. The van der Waals surface area contributed by atoms with E-state index in [1.54, 1.807) is 14.2 Å². The van der Waals surface area contributed by atoms with Gasteiger partial charge in [-0.15, -0.1) is 0 Å². The first-order chi connectivity index (χ1) is 12.2. The predicted molar refractivity (Wildman–Crippen MR) is 93.5 cm³/mol. The second kappa shape index (κ2) is 10.1. The van der Waals surface area contributed by atoms with E-state index in [0.717, 1.165) is 36.8 Å². The van der Waals surface area contributed by atoms with Gasteiger partial charge in [0.2, 0.25) is 0 Å². The van der Waals surface area contributed by atoms with Crippen molar-refractivity contribution in [3.8, 4) is 11.5 Å². The van der Waals surface area contributed by atoms with Crippen LogP contribution in [-0.4, -0.2) is 40.9 Å². The second-order valence-corrected chi connectivity index (χ2v) is 5.77. The maximum absolute atomic E-state index is 12.3. The van der Waals surface area contributed by atoms with Crippen molar-refractivity contribution in [3.05, 3.63) is 29.3 Å². The van der Waals surface area contributed by atoms with Gasteiger partial charge in [-0.3, -0.25) is 0 Å². The Kier molecular flexibility index (Phi) is 7.76. The zero-order chi connectivity index (χ0) is 18.1. The van der Waals surface area contributed by atoms with E-state index in [1.807, 2.05) is 18.2 Å². The van der Waals surface area contributed by atoms with Gasteiger partial charge in [0.05, 0.1) is 7.11 Å². The number of rotatable bonds is 8. The quantitative estimate of drug-likeness (QED) is 0.528. The fourth-order valence-corrected chi connectivity index (χ4v) is 2.94. The van der Waals surface area contributed by atoms with Gasteiger partial charge < -0.3 is 23.7 Å². The van der Waals surface area contributed by atoms with E-state index in [9.17, 15) is 4.79 Å². The fraction of sp³-hybridized carbons (Fsp3) is 0.526. The standard InChI is InChI=1S/C19H26O6/c1-21-12-24-14-9-10-18(25-13-22-2)17(11-14)15-7-5-4-6-8-16(15)19(20)23-3/h9-11H,4-8,12-13H2,1-3H3. The molecule has 0 radical (unpaired) electrons. The molecule has 1 aromatic rings. The molecule has 1 aliphatic rings. The Labute approximate surface area is 148 Å². The largest absolute Gasteiger partial charge is 0.468 e. The minimum Gasteiger partial charge on any atom is -0.468 e. The molecule has 2 rings (SSSR count). The second-order valence-electron chi connectivity index (χ2n) is 5.77. The zero-order valence-electron chi connectivity index (χ0n) is 15.1. The van der Waals surface area contributed by atoms with Crippen molar-refractivity contribution >= 4 is 11.5 Å². The number of allylic oxidation sites excluding steroid dienone is 1. The van der Waals surface area contributed by atoms with Crippen molar-refractivity contribution in [1.82, 2.24) is 0 Å². The molecule has 0 saturated carbocycles. The van der Waals surface area contributed by atoms with Crippen molar-refractivity contribution in [3.63, 3.8) is 0 Å². The van der Waals surface area contributed by atoms with Gasteiger partial charge in [-0.1, -0.05) is 6.42 Å². The molecule has 0 amide bonds. The molecule has 1 aliphatic carbocycles. The maximum Gasteiger partial charge on any atom is 0.334 e. The molecule has 138 valence electrons. The summed E-state index contributed by atoms with van der Waals surface area (Å²) in [5, 5.41) is 0. The molecule has 1 aromatic carbocycles. The normalized spacial score (nSPS) is 14.8. The molecule has 0 fully saturated rings. The van der Waals surface area contributed by atoms with Crippen LogP contribution in [0.4, 0.5) is 0 Å². The first-order valence-electron chi connectivity index (χ1n) is 8.39. The average Bonchev–Trinajstić information content (AvgIpc) is 2.90. The predicted octanol–water partition coefficient (Wildman–Crippen LogP) is 3.54. The van der Waals surface area contributed by atoms with Crippen LogP contribution in [0, 0.1) is 0 Å². The summed E-state index contributed by atoms with van der Waals surface area (Å²) in [6, 6.07) is 5.52. The van der Waals surface area contributed by atoms with Crippen LogP contribution in [0.2, 0.25) is 0 Å². The van der Waals surface area contributed by atoms with Gasteiger partial charge in [0.15, 0.2) is 13.6 Å². The highest BCUT2D eigenvalue weighted by Gasteiger charge is 2.22. The van der Waals surface area contributed by atoms with Gasteiger partial charge in [-0.05, 0) is 49.5 Å². The van der Waals surface area contributed by atoms with E-state index in [0.29, 0.717) is 23.5 Å². The molecule has 0 aliphatic heterocycles. The summed E-state index contributed by atoms with van der Waals surface area (Å²) >= 11 is 0. The topological polar surface area (TPSA) is 63.2 Å². The minimum absolute atomic E-state index is 0.131. The molecule has 0 aromatic heterocycles. The summed E-state index contributed by atoms with van der Waals surface area (Å²) in [5.41, 5.74) is 2.51. The van der Waals surface area contributed by atoms with Crippen LogP contribution >= 0.6 is 0 Å². The highest BCUT2D eigenvalue weighted by Crippen LogP contribution is 2.38. The fourth-order valence-electron chi connectivity index (χ4n) is 2.94. The summed E-state index contributed by atoms with van der Waals surface area (Å²) in [7, 11) is 4.55. The van der Waals surface area contributed by atoms with Gasteiger partial charge in [-0.2, -0.15) is 0 Å². The molecule has 0 saturated heterocycles. The van der Waals surface area contributed by atoms with Crippen LogP contribution in [0.15, 0.2) is 23.8 Å². The molecule has 6 heteroatoms. The van der Waals surface area contributed by atoms with Gasteiger partial charge in [0.25, 0.3) is 0 Å². The van der Waals surface area contributed by atoms with Gasteiger partial charge in [0.1, 0.15) is 11.5 Å². The highest BCUT2D eigenvalue weighted by molar-refractivity contribution is 5.98. The molecule has 0 bridgehead atoms. The average molecular weight is 350 g/mol. The zero-order valence-corrected chi connectivity index (χ0v) is 15.1. The van der Waals surface area contributed by atoms with Crippen molar-refractivity contribution in [1.29, 1.82) is 0 Å². The number of hydrogen-bond donors (Lipinski definition) is 0. The summed E-state index contributed by atoms with van der Waals surface area (Å²) in [6.07, 6.45) is 4.57. The Morgan fingerprint density at radius 1 is 0.960 bits per heavy atom. The monoisotopic (exact) mass is 350 g/mol. The number of carbonyl (C=O) groups excluding carboxylic acids is 1. The van der Waals surface area contributed by atoms with E-state index in [4.69, 9.17) is 23.7 Å². The van der Waals surface area contributed by atoms with Gasteiger partial charge in [0, 0.05) is 25.4 Å². The summed E-state index contributed by atoms with van der Waals surface area (Å²) in [4.78, 5) is 12.3. The Morgan fingerprint density at radius 3 is 2.40 bits per heavy atom. The van der Waals surface area contributed by atoms with E-state index < -0.39 is 0 Å². The Bertz CT molecular complexity index is 608. The molecule has 6 nitrogen and oxygen atoms in total. The summed E-state index contributed by atoms with van der Waals surface area (Å²) in [5.74, 6) is 1.03. The smallest absolute Gasteiger partial charge is 0.334 e. The number of benzene rings is 1. The van der Waals surface area contributed by atoms with Crippen LogP contribution in [-0.2, 0) is 19.0 Å². The van der Waals surface area contributed by atoms with E-state index in [-0.39, 0.29) is 19.6 Å². The molecule has 0 atom stereocenters. The van der Waals surface area contributed by atoms with Crippen molar-refractivity contribution in [2.75, 3.05) is 34.9 Å². The Morgan fingerprint density at radius 2 is 1.68 bits per heavy atom. The summed E-state index contributed by atoms with van der Waals surface area (Å²) in [6.45, 7) is 0.284. The Balaban J connectivity index is 2.49. The number of hydrogen-bond acceptors (Lipinski definition) is 6. The van der Waals surface area contributed by atoms with Crippen molar-refractivity contribution in [2.45, 2.75) is 32.1 Å². The number of methoxy groups -OCH3 is 3. The molecule has 0 unspecified atom stereocenters. The third-order valence-corrected chi connectivity index (χ3v) is 4.10. The van der Waals surface area contributed by atoms with Crippen LogP contribution in [0.5, 0.6) is 11.5 Å². The number of esters is 1. The third kappa shape index (κ3) is 5.21. The lowest BCUT2D eigenvalue weighted by Crippen LogP contribution is -2.09. The SMILES string of the molecule is COCOc1ccc(OCOC)c(C2=C(C(=O)OC)CCCCC2)c1. The van der Waals surface area contributed by atoms with E-state index in [1.165, 1.54) is 7.11 Å². The number of carbonyl (C=O) groups is 1. The van der Waals surface area contributed by atoms with Crippen molar-refractivity contribution < 1.29 is 28.5 Å². The first-order valence-corrected chi connectivity index (χ1v) is 8.39. The first kappa shape index (κ1) is 19.3. The maximum atomic E-state index is 12.3. The molecular formula is C19H26O6. The Hall–Kier alpha value is -2.05. The lowest BCUT2D eigenvalue weighted by Gasteiger charge is -2.17. The van der Waals surface area contributed by atoms with Crippen LogP contribution < -0.4 is 9.47 Å². The van der Waals surface area contributed by atoms with Crippen LogP contribution in [0.1, 0.15) is 37.7 Å². The third-order valence-electron chi connectivity index (χ3n) is 4.10.